The smallest absolute Gasteiger partial charge is 0.251 e. The zero-order chi connectivity index (χ0) is 13.1. The van der Waals surface area contributed by atoms with Crippen LogP contribution in [0.25, 0.3) is 0 Å². The predicted molar refractivity (Wildman–Crippen MR) is 63.8 cm³/mol. The molecule has 5 heteroatoms. The van der Waals surface area contributed by atoms with Crippen molar-refractivity contribution in [1.82, 2.24) is 4.98 Å². The number of halogens is 3. The summed E-state index contributed by atoms with van der Waals surface area (Å²) in [4.78, 5) is 3.28. The van der Waals surface area contributed by atoms with E-state index < -0.39 is 17.6 Å². The highest BCUT2D eigenvalue weighted by Crippen LogP contribution is 2.28. The fourth-order valence-electron chi connectivity index (χ4n) is 2.51. The molecule has 1 N–H and O–H groups in total. The molecule has 18 heavy (non-hydrogen) atoms. The molecule has 1 aliphatic rings. The van der Waals surface area contributed by atoms with E-state index in [9.17, 15) is 13.2 Å². The van der Waals surface area contributed by atoms with Gasteiger partial charge in [0.2, 0.25) is 0 Å². The lowest BCUT2D eigenvalue weighted by molar-refractivity contribution is 0.327. The molecule has 2 nitrogen and oxygen atoms in total. The number of rotatable bonds is 3. The van der Waals surface area contributed by atoms with Crippen LogP contribution in [0.3, 0.4) is 0 Å². The number of nitrogens with zero attached hydrogens (tertiary/aromatic N) is 1. The monoisotopic (exact) mass is 258 g/mol. The summed E-state index contributed by atoms with van der Waals surface area (Å²) in [7, 11) is 0. The van der Waals surface area contributed by atoms with Gasteiger partial charge in [-0.2, -0.15) is 9.37 Å². The lowest BCUT2D eigenvalue weighted by Crippen LogP contribution is -2.28. The number of pyridine rings is 1. The van der Waals surface area contributed by atoms with Crippen molar-refractivity contribution in [2.45, 2.75) is 45.1 Å². The van der Waals surface area contributed by atoms with E-state index in [1.807, 2.05) is 6.92 Å². The molecule has 1 aromatic heterocycles. The third-order valence-corrected chi connectivity index (χ3v) is 3.61. The van der Waals surface area contributed by atoms with Crippen LogP contribution in [0.15, 0.2) is 6.07 Å². The Hall–Kier alpha value is -1.26. The highest BCUT2D eigenvalue weighted by Gasteiger charge is 2.22. The first kappa shape index (κ1) is 13.2. The van der Waals surface area contributed by atoms with Gasteiger partial charge in [0, 0.05) is 12.1 Å². The molecule has 100 valence electrons. The molecule has 1 heterocycles. The molecule has 0 bridgehead atoms. The van der Waals surface area contributed by atoms with E-state index in [1.165, 1.54) is 19.3 Å². The van der Waals surface area contributed by atoms with Gasteiger partial charge in [0.05, 0.1) is 0 Å². The highest BCUT2D eigenvalue weighted by atomic mass is 19.2. The van der Waals surface area contributed by atoms with Crippen LogP contribution < -0.4 is 5.32 Å². The second-order valence-corrected chi connectivity index (χ2v) is 4.92. The maximum Gasteiger partial charge on any atom is 0.251 e. The third kappa shape index (κ3) is 2.94. The van der Waals surface area contributed by atoms with E-state index in [1.54, 1.807) is 0 Å². The van der Waals surface area contributed by atoms with Crippen molar-refractivity contribution < 1.29 is 13.2 Å². The summed E-state index contributed by atoms with van der Waals surface area (Å²) in [5.74, 6) is -3.14. The Morgan fingerprint density at radius 3 is 2.50 bits per heavy atom. The summed E-state index contributed by atoms with van der Waals surface area (Å²) in [5, 5.41) is 2.86. The molecule has 1 aromatic rings. The molecule has 1 atom stereocenters. The van der Waals surface area contributed by atoms with Crippen molar-refractivity contribution in [3.05, 3.63) is 23.6 Å². The third-order valence-electron chi connectivity index (χ3n) is 3.61. The predicted octanol–water partition coefficient (Wildman–Crippen LogP) is 3.88. The summed E-state index contributed by atoms with van der Waals surface area (Å²) in [5.41, 5.74) is 0. The Labute approximate surface area is 105 Å². The van der Waals surface area contributed by atoms with Gasteiger partial charge in [-0.3, -0.25) is 0 Å². The van der Waals surface area contributed by atoms with Crippen LogP contribution in [0.2, 0.25) is 0 Å². The molecular weight excluding hydrogens is 241 g/mol. The van der Waals surface area contributed by atoms with E-state index in [-0.39, 0.29) is 11.9 Å². The lowest BCUT2D eigenvalue weighted by atomic mass is 9.84. The Kier molecular flexibility index (Phi) is 4.09. The van der Waals surface area contributed by atoms with Gasteiger partial charge in [-0.1, -0.05) is 19.3 Å². The Morgan fingerprint density at radius 2 is 1.83 bits per heavy atom. The Morgan fingerprint density at radius 1 is 1.17 bits per heavy atom. The minimum atomic E-state index is -1.27. The summed E-state index contributed by atoms with van der Waals surface area (Å²) < 4.78 is 39.1. The maximum absolute atomic E-state index is 13.4. The number of nitrogens with one attached hydrogen (secondary N) is 1. The average molecular weight is 258 g/mol. The van der Waals surface area contributed by atoms with Gasteiger partial charge in [0.1, 0.15) is 0 Å². The highest BCUT2D eigenvalue weighted by molar-refractivity contribution is 5.37. The van der Waals surface area contributed by atoms with Crippen molar-refractivity contribution in [3.8, 4) is 0 Å². The summed E-state index contributed by atoms with van der Waals surface area (Å²) in [6, 6.07) is 0.537. The largest absolute Gasteiger partial charge is 0.365 e. The van der Waals surface area contributed by atoms with E-state index in [0.717, 1.165) is 12.8 Å². The molecular formula is C13H17F3N2. The quantitative estimate of drug-likeness (QED) is 0.832. The maximum atomic E-state index is 13.4. The molecule has 1 saturated carbocycles. The van der Waals surface area contributed by atoms with Gasteiger partial charge in [-0.05, 0) is 25.7 Å². The minimum absolute atomic E-state index is 0.0113. The molecule has 2 rings (SSSR count). The first-order chi connectivity index (χ1) is 8.58. The molecule has 1 fully saturated rings. The number of anilines is 1. The normalized spacial score (nSPS) is 18.7. The minimum Gasteiger partial charge on any atom is -0.365 e. The Balaban J connectivity index is 2.06. The summed E-state index contributed by atoms with van der Waals surface area (Å²) in [6.45, 7) is 1.93. The van der Waals surface area contributed by atoms with Crippen molar-refractivity contribution in [3.63, 3.8) is 0 Å². The molecule has 0 aromatic carbocycles. The number of hydrogen-bond donors (Lipinski definition) is 1. The van der Waals surface area contributed by atoms with Crippen LogP contribution in [0, 0.1) is 23.5 Å². The van der Waals surface area contributed by atoms with Gasteiger partial charge < -0.3 is 5.32 Å². The van der Waals surface area contributed by atoms with Gasteiger partial charge in [-0.15, -0.1) is 0 Å². The topological polar surface area (TPSA) is 24.9 Å². The van der Waals surface area contributed by atoms with Crippen LogP contribution in [0.4, 0.5) is 19.0 Å². The van der Waals surface area contributed by atoms with Crippen LogP contribution in [0.1, 0.15) is 39.0 Å². The van der Waals surface area contributed by atoms with Crippen molar-refractivity contribution >= 4 is 5.82 Å². The zero-order valence-electron chi connectivity index (χ0n) is 10.3. The van der Waals surface area contributed by atoms with Crippen molar-refractivity contribution in [2.75, 3.05) is 5.32 Å². The zero-order valence-corrected chi connectivity index (χ0v) is 10.3. The first-order valence-electron chi connectivity index (χ1n) is 6.36. The van der Waals surface area contributed by atoms with Gasteiger partial charge in [0.25, 0.3) is 5.95 Å². The molecule has 0 aliphatic heterocycles. The fourth-order valence-corrected chi connectivity index (χ4v) is 2.51. The molecule has 0 saturated heterocycles. The molecule has 1 aliphatic carbocycles. The van der Waals surface area contributed by atoms with Gasteiger partial charge in [-0.25, -0.2) is 8.78 Å². The lowest BCUT2D eigenvalue weighted by Gasteiger charge is -2.28. The second kappa shape index (κ2) is 5.59. The van der Waals surface area contributed by atoms with Crippen molar-refractivity contribution in [1.29, 1.82) is 0 Å². The van der Waals surface area contributed by atoms with Crippen LogP contribution >= 0.6 is 0 Å². The Bertz CT molecular complexity index is 417. The molecule has 1 unspecified atom stereocenters. The van der Waals surface area contributed by atoms with Crippen LogP contribution in [-0.2, 0) is 0 Å². The summed E-state index contributed by atoms with van der Waals surface area (Å²) >= 11 is 0. The SMILES string of the molecule is CC(Nc1nc(F)c(F)cc1F)C1CCCCC1. The number of aromatic nitrogens is 1. The first-order valence-corrected chi connectivity index (χ1v) is 6.36. The second-order valence-electron chi connectivity index (χ2n) is 4.92. The van der Waals surface area contributed by atoms with Gasteiger partial charge in [0.15, 0.2) is 17.5 Å². The van der Waals surface area contributed by atoms with E-state index >= 15 is 0 Å². The van der Waals surface area contributed by atoms with Crippen LogP contribution in [0.5, 0.6) is 0 Å². The van der Waals surface area contributed by atoms with Gasteiger partial charge >= 0.3 is 0 Å². The van der Waals surface area contributed by atoms with Crippen LogP contribution in [-0.4, -0.2) is 11.0 Å². The van der Waals surface area contributed by atoms with E-state index in [0.29, 0.717) is 12.0 Å². The fraction of sp³-hybridized carbons (Fsp3) is 0.615. The standard InChI is InChI=1S/C13H17F3N2/c1-8(9-5-3-2-4-6-9)17-13-11(15)7-10(14)12(16)18-13/h7-9H,2-6H2,1H3,(H,17,18). The molecule has 0 amide bonds. The molecule has 0 spiro atoms. The average Bonchev–Trinajstić information content (AvgIpc) is 2.37. The van der Waals surface area contributed by atoms with Crippen molar-refractivity contribution in [2.24, 2.45) is 5.92 Å². The molecule has 0 radical (unpaired) electrons. The van der Waals surface area contributed by atoms with E-state index in [4.69, 9.17) is 0 Å². The summed E-state index contributed by atoms with van der Waals surface area (Å²) in [6.07, 6.45) is 5.74. The number of hydrogen-bond acceptors (Lipinski definition) is 2. The van der Waals surface area contributed by atoms with E-state index in [2.05, 4.69) is 10.3 Å².